The molecular formula is C21H38N8O6. The van der Waals surface area contributed by atoms with Crippen molar-refractivity contribution in [1.82, 2.24) is 21.3 Å². The average molecular weight is 499 g/mol. The van der Waals surface area contributed by atoms with Crippen LogP contribution in [0.25, 0.3) is 0 Å². The molecule has 4 atom stereocenters. The molecule has 1 rings (SSSR count). The van der Waals surface area contributed by atoms with Gasteiger partial charge in [0, 0.05) is 6.54 Å². The molecule has 0 aromatic heterocycles. The summed E-state index contributed by atoms with van der Waals surface area (Å²) >= 11 is 0. The quantitative estimate of drug-likeness (QED) is 0.0661. The minimum absolute atomic E-state index is 0.0590. The van der Waals surface area contributed by atoms with E-state index in [0.29, 0.717) is 19.4 Å². The Labute approximate surface area is 204 Å². The van der Waals surface area contributed by atoms with Gasteiger partial charge in [-0.1, -0.05) is 13.8 Å². The lowest BCUT2D eigenvalue weighted by Crippen LogP contribution is -2.57. The Morgan fingerprint density at radius 1 is 1.00 bits per heavy atom. The number of carboxylic acids is 1. The van der Waals surface area contributed by atoms with Crippen LogP contribution in [0.5, 0.6) is 0 Å². The van der Waals surface area contributed by atoms with Gasteiger partial charge in [0.1, 0.15) is 18.1 Å². The topological polar surface area (TPSA) is 244 Å². The van der Waals surface area contributed by atoms with Crippen molar-refractivity contribution in [3.8, 4) is 0 Å². The first-order chi connectivity index (χ1) is 16.4. The third-order valence-electron chi connectivity index (χ3n) is 5.32. The van der Waals surface area contributed by atoms with Gasteiger partial charge in [0.15, 0.2) is 5.96 Å². The highest BCUT2D eigenvalue weighted by atomic mass is 16.4. The van der Waals surface area contributed by atoms with Crippen LogP contribution in [-0.4, -0.2) is 77.9 Å². The molecule has 0 aromatic carbocycles. The molecule has 35 heavy (non-hydrogen) atoms. The highest BCUT2D eigenvalue weighted by Gasteiger charge is 2.32. The van der Waals surface area contributed by atoms with Crippen molar-refractivity contribution >= 4 is 35.6 Å². The average Bonchev–Trinajstić information content (AvgIpc) is 3.28. The number of nitrogens with one attached hydrogen (secondary N) is 4. The summed E-state index contributed by atoms with van der Waals surface area (Å²) in [5.74, 6) is -4.14. The van der Waals surface area contributed by atoms with Crippen molar-refractivity contribution in [2.75, 3.05) is 13.1 Å². The molecule has 1 aliphatic rings. The van der Waals surface area contributed by atoms with Crippen LogP contribution in [0.2, 0.25) is 0 Å². The molecule has 0 aromatic rings. The van der Waals surface area contributed by atoms with Crippen LogP contribution >= 0.6 is 0 Å². The van der Waals surface area contributed by atoms with Gasteiger partial charge in [-0.25, -0.2) is 4.79 Å². The number of rotatable bonds is 15. The lowest BCUT2D eigenvalue weighted by Gasteiger charge is -2.26. The minimum Gasteiger partial charge on any atom is -0.480 e. The third-order valence-corrected chi connectivity index (χ3v) is 5.32. The number of carbonyl (C=O) groups excluding carboxylic acids is 4. The smallest absolute Gasteiger partial charge is 0.326 e. The summed E-state index contributed by atoms with van der Waals surface area (Å²) in [5, 5.41) is 19.9. The summed E-state index contributed by atoms with van der Waals surface area (Å²) < 4.78 is 0. The summed E-state index contributed by atoms with van der Waals surface area (Å²) in [7, 11) is 0. The number of aliphatic carboxylic acids is 1. The number of aliphatic imine (C=N–C) groups is 1. The van der Waals surface area contributed by atoms with Gasteiger partial charge in [0.25, 0.3) is 0 Å². The molecule has 1 fully saturated rings. The van der Waals surface area contributed by atoms with Gasteiger partial charge in [-0.15, -0.1) is 0 Å². The van der Waals surface area contributed by atoms with Crippen LogP contribution in [0, 0.1) is 5.92 Å². The van der Waals surface area contributed by atoms with Crippen molar-refractivity contribution in [3.63, 3.8) is 0 Å². The van der Waals surface area contributed by atoms with E-state index in [1.807, 2.05) is 13.8 Å². The predicted molar refractivity (Wildman–Crippen MR) is 128 cm³/mol. The van der Waals surface area contributed by atoms with Crippen LogP contribution in [0.4, 0.5) is 0 Å². The van der Waals surface area contributed by atoms with Gasteiger partial charge in [0.05, 0.1) is 12.5 Å². The Hall–Kier alpha value is -3.42. The number of guanidine groups is 1. The van der Waals surface area contributed by atoms with E-state index in [4.69, 9.17) is 17.2 Å². The summed E-state index contributed by atoms with van der Waals surface area (Å²) in [6.07, 6.45) is 1.59. The van der Waals surface area contributed by atoms with Crippen LogP contribution in [0.3, 0.4) is 0 Å². The molecule has 14 heteroatoms. The standard InChI is InChI=1S/C21H38N8O6/c1-11(2)9-14(28-17(31)12-5-3-7-25-12)19(33)27-13(6-4-8-26-21(23)24)18(32)29-15(20(34)35)10-16(22)30/h11-15,25H,3-10H2,1-2H3,(H2,22,30)(H,27,33)(H,28,31)(H,29,32)(H,34,35)(H4,23,24,26). The van der Waals surface area contributed by atoms with E-state index in [0.717, 1.165) is 6.42 Å². The molecule has 4 unspecified atom stereocenters. The highest BCUT2D eigenvalue weighted by Crippen LogP contribution is 2.10. The second-order valence-corrected chi connectivity index (χ2v) is 8.92. The van der Waals surface area contributed by atoms with Gasteiger partial charge >= 0.3 is 5.97 Å². The molecule has 1 saturated heterocycles. The predicted octanol–water partition coefficient (Wildman–Crippen LogP) is -2.75. The number of hydrogen-bond acceptors (Lipinski definition) is 7. The highest BCUT2D eigenvalue weighted by molar-refractivity contribution is 5.95. The maximum atomic E-state index is 13.1. The first-order valence-electron chi connectivity index (χ1n) is 11.6. The molecule has 0 aliphatic carbocycles. The Morgan fingerprint density at radius 3 is 2.14 bits per heavy atom. The Bertz CT molecular complexity index is 793. The molecule has 14 nitrogen and oxygen atoms in total. The van der Waals surface area contributed by atoms with E-state index < -0.39 is 48.2 Å². The number of nitrogens with two attached hydrogens (primary N) is 3. The van der Waals surface area contributed by atoms with Crippen molar-refractivity contribution in [3.05, 3.63) is 0 Å². The fourth-order valence-electron chi connectivity index (χ4n) is 3.60. The first kappa shape index (κ1) is 29.6. The van der Waals surface area contributed by atoms with E-state index in [9.17, 15) is 29.1 Å². The molecule has 0 saturated carbocycles. The molecule has 198 valence electrons. The number of amides is 4. The summed E-state index contributed by atoms with van der Waals surface area (Å²) in [6.45, 7) is 4.67. The number of primary amides is 1. The lowest BCUT2D eigenvalue weighted by molar-refractivity contribution is -0.143. The van der Waals surface area contributed by atoms with E-state index in [1.54, 1.807) is 0 Å². The van der Waals surface area contributed by atoms with Crippen LogP contribution < -0.4 is 38.5 Å². The fourth-order valence-corrected chi connectivity index (χ4v) is 3.60. The molecule has 0 bridgehead atoms. The second kappa shape index (κ2) is 14.8. The Kier molecular flexibility index (Phi) is 12.5. The molecule has 1 heterocycles. The Balaban J connectivity index is 2.98. The molecular weight excluding hydrogens is 460 g/mol. The number of carboxylic acid groups (broad SMARTS) is 1. The second-order valence-electron chi connectivity index (χ2n) is 8.92. The number of hydrogen-bond donors (Lipinski definition) is 8. The zero-order valence-corrected chi connectivity index (χ0v) is 20.2. The number of carbonyl (C=O) groups is 5. The SMILES string of the molecule is CC(C)CC(NC(=O)C1CCCN1)C(=O)NC(CCCN=C(N)N)C(=O)NC(CC(N)=O)C(=O)O. The van der Waals surface area contributed by atoms with Crippen LogP contribution in [0.15, 0.2) is 4.99 Å². The van der Waals surface area contributed by atoms with Crippen LogP contribution in [-0.2, 0) is 24.0 Å². The van der Waals surface area contributed by atoms with Crippen molar-refractivity contribution < 1.29 is 29.1 Å². The maximum absolute atomic E-state index is 13.1. The summed E-state index contributed by atoms with van der Waals surface area (Å²) in [6, 6.07) is -4.01. The fraction of sp³-hybridized carbons (Fsp3) is 0.714. The van der Waals surface area contributed by atoms with E-state index in [2.05, 4.69) is 26.3 Å². The van der Waals surface area contributed by atoms with Crippen LogP contribution in [0.1, 0.15) is 52.4 Å². The molecule has 11 N–H and O–H groups in total. The zero-order chi connectivity index (χ0) is 26.5. The molecule has 0 radical (unpaired) electrons. The molecule has 1 aliphatic heterocycles. The zero-order valence-electron chi connectivity index (χ0n) is 20.2. The lowest BCUT2D eigenvalue weighted by atomic mass is 10.0. The van der Waals surface area contributed by atoms with Gasteiger partial charge in [-0.3, -0.25) is 24.2 Å². The number of nitrogens with zero attached hydrogens (tertiary/aromatic N) is 1. The van der Waals surface area contributed by atoms with E-state index in [-0.39, 0.29) is 43.2 Å². The van der Waals surface area contributed by atoms with Gasteiger partial charge in [-0.05, 0) is 44.6 Å². The largest absolute Gasteiger partial charge is 0.480 e. The first-order valence-corrected chi connectivity index (χ1v) is 11.6. The van der Waals surface area contributed by atoms with E-state index >= 15 is 0 Å². The summed E-state index contributed by atoms with van der Waals surface area (Å²) in [4.78, 5) is 65.0. The summed E-state index contributed by atoms with van der Waals surface area (Å²) in [5.41, 5.74) is 15.7. The minimum atomic E-state index is -1.56. The van der Waals surface area contributed by atoms with E-state index in [1.165, 1.54) is 0 Å². The molecule has 0 spiro atoms. The van der Waals surface area contributed by atoms with Gasteiger partial charge in [0.2, 0.25) is 23.6 Å². The van der Waals surface area contributed by atoms with Gasteiger partial charge in [-0.2, -0.15) is 0 Å². The van der Waals surface area contributed by atoms with Crippen molar-refractivity contribution in [2.45, 2.75) is 76.5 Å². The normalized spacial score (nSPS) is 17.6. The molecule has 4 amide bonds. The van der Waals surface area contributed by atoms with Gasteiger partial charge < -0.3 is 43.6 Å². The monoisotopic (exact) mass is 498 g/mol. The third kappa shape index (κ3) is 11.5. The Morgan fingerprint density at radius 2 is 1.63 bits per heavy atom. The van der Waals surface area contributed by atoms with Crippen molar-refractivity contribution in [2.24, 2.45) is 28.1 Å². The van der Waals surface area contributed by atoms with Crippen molar-refractivity contribution in [1.29, 1.82) is 0 Å². The maximum Gasteiger partial charge on any atom is 0.326 e.